The molecule has 2 aromatic rings. The second-order valence-electron chi connectivity index (χ2n) is 4.46. The lowest BCUT2D eigenvalue weighted by Gasteiger charge is -2.14. The average molecular weight is 295 g/mol. The smallest absolute Gasteiger partial charge is 0.238 e. The molecule has 0 bridgehead atoms. The van der Waals surface area contributed by atoms with E-state index < -0.39 is 10.0 Å². The minimum Gasteiger partial charge on any atom is -0.308 e. The maximum Gasteiger partial charge on any atom is 0.238 e. The van der Waals surface area contributed by atoms with Gasteiger partial charge in [-0.15, -0.1) is 5.10 Å². The van der Waals surface area contributed by atoms with Crippen molar-refractivity contribution in [3.63, 3.8) is 0 Å². The second-order valence-corrected chi connectivity index (χ2v) is 6.02. The van der Waals surface area contributed by atoms with Crippen LogP contribution in [0.2, 0.25) is 0 Å². The number of primary sulfonamides is 1. The van der Waals surface area contributed by atoms with Crippen molar-refractivity contribution in [2.24, 2.45) is 5.14 Å². The summed E-state index contributed by atoms with van der Waals surface area (Å²) in [7, 11) is -3.66. The van der Waals surface area contributed by atoms with Crippen molar-refractivity contribution >= 4 is 10.0 Å². The zero-order chi connectivity index (χ0) is 14.6. The molecule has 0 aliphatic carbocycles. The van der Waals surface area contributed by atoms with E-state index >= 15 is 0 Å². The van der Waals surface area contributed by atoms with E-state index in [9.17, 15) is 8.42 Å². The van der Waals surface area contributed by atoms with Crippen molar-refractivity contribution in [3.05, 3.63) is 42.2 Å². The largest absolute Gasteiger partial charge is 0.308 e. The topological polar surface area (TPSA) is 103 Å². The van der Waals surface area contributed by atoms with E-state index in [1.54, 1.807) is 29.2 Å². The SMILES string of the molecule is CC(NCCn1ccnn1)c1cccc(S(N)(=O)=O)c1. The van der Waals surface area contributed by atoms with Crippen LogP contribution in [0.5, 0.6) is 0 Å². The van der Waals surface area contributed by atoms with Crippen LogP contribution in [0.4, 0.5) is 0 Å². The van der Waals surface area contributed by atoms with Gasteiger partial charge in [-0.25, -0.2) is 13.6 Å². The quantitative estimate of drug-likeness (QED) is 0.796. The molecule has 0 saturated heterocycles. The molecule has 0 amide bonds. The molecule has 0 aliphatic rings. The molecule has 0 saturated carbocycles. The van der Waals surface area contributed by atoms with Gasteiger partial charge in [0.05, 0.1) is 17.6 Å². The first kappa shape index (κ1) is 14.6. The Bertz CT molecular complexity index is 654. The minimum absolute atomic E-state index is 0.0141. The highest BCUT2D eigenvalue weighted by molar-refractivity contribution is 7.89. The van der Waals surface area contributed by atoms with Crippen molar-refractivity contribution < 1.29 is 8.42 Å². The maximum absolute atomic E-state index is 11.3. The van der Waals surface area contributed by atoms with Crippen LogP contribution in [0.15, 0.2) is 41.6 Å². The van der Waals surface area contributed by atoms with Gasteiger partial charge in [-0.05, 0) is 24.6 Å². The molecule has 1 atom stereocenters. The van der Waals surface area contributed by atoms with Gasteiger partial charge in [-0.2, -0.15) is 0 Å². The number of aromatic nitrogens is 3. The number of hydrogen-bond acceptors (Lipinski definition) is 5. The van der Waals surface area contributed by atoms with Crippen molar-refractivity contribution in [2.75, 3.05) is 6.54 Å². The molecule has 1 aromatic heterocycles. The first-order valence-corrected chi connectivity index (χ1v) is 7.72. The summed E-state index contributed by atoms with van der Waals surface area (Å²) in [4.78, 5) is 0.125. The summed E-state index contributed by atoms with van der Waals surface area (Å²) in [5.41, 5.74) is 0.870. The number of benzene rings is 1. The molecule has 0 aliphatic heterocycles. The van der Waals surface area contributed by atoms with Gasteiger partial charge >= 0.3 is 0 Å². The Morgan fingerprint density at radius 3 is 2.90 bits per heavy atom. The van der Waals surface area contributed by atoms with Crippen LogP contribution in [0.1, 0.15) is 18.5 Å². The van der Waals surface area contributed by atoms with E-state index in [0.29, 0.717) is 13.1 Å². The van der Waals surface area contributed by atoms with E-state index in [0.717, 1.165) is 5.56 Å². The molecule has 0 radical (unpaired) electrons. The molecule has 1 unspecified atom stereocenters. The maximum atomic E-state index is 11.3. The number of rotatable bonds is 6. The third-order valence-corrected chi connectivity index (χ3v) is 3.86. The van der Waals surface area contributed by atoms with Crippen LogP contribution in [0.3, 0.4) is 0 Å². The molecular formula is C12H17N5O2S. The highest BCUT2D eigenvalue weighted by Gasteiger charge is 2.11. The molecular weight excluding hydrogens is 278 g/mol. The fraction of sp³-hybridized carbons (Fsp3) is 0.333. The van der Waals surface area contributed by atoms with Gasteiger partial charge in [0.25, 0.3) is 0 Å². The summed E-state index contributed by atoms with van der Waals surface area (Å²) in [5, 5.41) is 16.0. The fourth-order valence-corrected chi connectivity index (χ4v) is 2.39. The van der Waals surface area contributed by atoms with Gasteiger partial charge in [0.15, 0.2) is 0 Å². The van der Waals surface area contributed by atoms with Crippen LogP contribution in [0, 0.1) is 0 Å². The average Bonchev–Trinajstić information content (AvgIpc) is 2.91. The van der Waals surface area contributed by atoms with Gasteiger partial charge in [0.1, 0.15) is 0 Å². The highest BCUT2D eigenvalue weighted by atomic mass is 32.2. The Morgan fingerprint density at radius 2 is 2.25 bits per heavy atom. The van der Waals surface area contributed by atoms with Crippen LogP contribution < -0.4 is 10.5 Å². The Balaban J connectivity index is 1.97. The zero-order valence-electron chi connectivity index (χ0n) is 11.1. The van der Waals surface area contributed by atoms with E-state index in [1.807, 2.05) is 13.0 Å². The van der Waals surface area contributed by atoms with Gasteiger partial charge in [-0.3, -0.25) is 4.68 Å². The van der Waals surface area contributed by atoms with Crippen LogP contribution >= 0.6 is 0 Å². The predicted molar refractivity (Wildman–Crippen MR) is 74.3 cm³/mol. The first-order valence-electron chi connectivity index (χ1n) is 6.17. The van der Waals surface area contributed by atoms with Crippen molar-refractivity contribution in [3.8, 4) is 0 Å². The zero-order valence-corrected chi connectivity index (χ0v) is 11.9. The number of nitrogens with two attached hydrogens (primary N) is 1. The summed E-state index contributed by atoms with van der Waals surface area (Å²) in [6.07, 6.45) is 3.41. The standard InChI is InChI=1S/C12H17N5O2S/c1-10(14-5-7-17-8-6-15-16-17)11-3-2-4-12(9-11)20(13,18)19/h2-4,6,8-10,14H,5,7H2,1H3,(H2,13,18,19). The van der Waals surface area contributed by atoms with E-state index in [4.69, 9.17) is 5.14 Å². The minimum atomic E-state index is -3.66. The van der Waals surface area contributed by atoms with Crippen LogP contribution in [-0.2, 0) is 16.6 Å². The van der Waals surface area contributed by atoms with E-state index in [1.165, 1.54) is 6.07 Å². The monoisotopic (exact) mass is 295 g/mol. The molecule has 108 valence electrons. The summed E-state index contributed by atoms with van der Waals surface area (Å²) in [6.45, 7) is 3.35. The highest BCUT2D eigenvalue weighted by Crippen LogP contribution is 2.16. The van der Waals surface area contributed by atoms with Gasteiger partial charge in [0.2, 0.25) is 10.0 Å². The molecule has 3 N–H and O–H groups in total. The predicted octanol–water partition coefficient (Wildman–Crippen LogP) is 0.276. The number of nitrogens with one attached hydrogen (secondary N) is 1. The molecule has 1 aromatic carbocycles. The summed E-state index contributed by atoms with van der Waals surface area (Å²) in [5.74, 6) is 0. The molecule has 2 rings (SSSR count). The molecule has 8 heteroatoms. The van der Waals surface area contributed by atoms with E-state index in [2.05, 4.69) is 15.6 Å². The number of sulfonamides is 1. The second kappa shape index (κ2) is 6.12. The van der Waals surface area contributed by atoms with Gasteiger partial charge in [-0.1, -0.05) is 17.3 Å². The van der Waals surface area contributed by atoms with Crippen LogP contribution in [0.25, 0.3) is 0 Å². The summed E-state index contributed by atoms with van der Waals surface area (Å²) < 4.78 is 24.4. The lowest BCUT2D eigenvalue weighted by Crippen LogP contribution is -2.24. The Kier molecular flexibility index (Phi) is 4.48. The molecule has 7 nitrogen and oxygen atoms in total. The lowest BCUT2D eigenvalue weighted by atomic mass is 10.1. The fourth-order valence-electron chi connectivity index (χ4n) is 1.83. The molecule has 20 heavy (non-hydrogen) atoms. The van der Waals surface area contributed by atoms with E-state index in [-0.39, 0.29) is 10.9 Å². The summed E-state index contributed by atoms with van der Waals surface area (Å²) in [6, 6.07) is 6.64. The van der Waals surface area contributed by atoms with Crippen molar-refractivity contribution in [1.82, 2.24) is 20.3 Å². The van der Waals surface area contributed by atoms with Crippen LogP contribution in [-0.4, -0.2) is 30.0 Å². The van der Waals surface area contributed by atoms with Gasteiger partial charge < -0.3 is 5.32 Å². The number of nitrogens with zero attached hydrogens (tertiary/aromatic N) is 3. The molecule has 0 fully saturated rings. The Labute approximate surface area is 117 Å². The van der Waals surface area contributed by atoms with Crippen molar-refractivity contribution in [1.29, 1.82) is 0 Å². The van der Waals surface area contributed by atoms with Gasteiger partial charge in [0, 0.05) is 18.8 Å². The lowest BCUT2D eigenvalue weighted by molar-refractivity contribution is 0.498. The Hall–Kier alpha value is -1.77. The van der Waals surface area contributed by atoms with Crippen molar-refractivity contribution in [2.45, 2.75) is 24.4 Å². The molecule has 0 spiro atoms. The number of hydrogen-bond donors (Lipinski definition) is 2. The summed E-state index contributed by atoms with van der Waals surface area (Å²) >= 11 is 0. The first-order chi connectivity index (χ1) is 9.47. The Morgan fingerprint density at radius 1 is 1.45 bits per heavy atom. The third kappa shape index (κ3) is 3.86. The normalized spacial score (nSPS) is 13.3. The third-order valence-electron chi connectivity index (χ3n) is 2.95. The molecule has 1 heterocycles.